The summed E-state index contributed by atoms with van der Waals surface area (Å²) in [6, 6.07) is 22.0. The van der Waals surface area contributed by atoms with Gasteiger partial charge in [-0.3, -0.25) is 10.2 Å². The minimum Gasteiger partial charge on any atom is -0.494 e. The van der Waals surface area contributed by atoms with Crippen molar-refractivity contribution in [3.8, 4) is 5.75 Å². The number of alkyl halides is 3. The highest BCUT2D eigenvalue weighted by Crippen LogP contribution is 2.43. The van der Waals surface area contributed by atoms with Crippen LogP contribution in [0.1, 0.15) is 29.2 Å². The Balaban J connectivity index is 1.79. The monoisotopic (exact) mass is 568 g/mol. The van der Waals surface area contributed by atoms with Crippen molar-refractivity contribution in [1.29, 1.82) is 0 Å². The second-order valence-electron chi connectivity index (χ2n) is 9.12. The molecule has 1 heterocycles. The van der Waals surface area contributed by atoms with Gasteiger partial charge >= 0.3 is 6.18 Å². The lowest BCUT2D eigenvalue weighted by molar-refractivity contribution is -0.136. The van der Waals surface area contributed by atoms with E-state index < -0.39 is 30.3 Å². The zero-order valence-electron chi connectivity index (χ0n) is 21.7. The van der Waals surface area contributed by atoms with Gasteiger partial charge in [-0.15, -0.1) is 0 Å². The third kappa shape index (κ3) is 7.34. The number of aliphatic imine (C=N–C) groups is 1. The van der Waals surface area contributed by atoms with Crippen LogP contribution in [0.25, 0.3) is 10.4 Å². The molecule has 0 spiro atoms. The van der Waals surface area contributed by atoms with E-state index in [1.54, 1.807) is 78.9 Å². The predicted octanol–water partition coefficient (Wildman–Crippen LogP) is 5.07. The summed E-state index contributed by atoms with van der Waals surface area (Å²) < 4.78 is 50.5. The molecule has 0 saturated carbocycles. The molecule has 3 N–H and O–H groups in total. The van der Waals surface area contributed by atoms with Crippen molar-refractivity contribution in [3.05, 3.63) is 106 Å². The topological polar surface area (TPSA) is 141 Å². The molecule has 41 heavy (non-hydrogen) atoms. The Morgan fingerprint density at radius 1 is 1.10 bits per heavy atom. The van der Waals surface area contributed by atoms with Crippen LogP contribution in [0.15, 0.2) is 89.0 Å². The molecular weight excluding hydrogens is 541 g/mol. The van der Waals surface area contributed by atoms with E-state index in [9.17, 15) is 18.0 Å². The number of aliphatic hydroxyl groups is 1. The number of rotatable bonds is 12. The number of ether oxygens (including phenoxy) is 2. The second-order valence-corrected chi connectivity index (χ2v) is 9.12. The molecule has 1 aliphatic heterocycles. The van der Waals surface area contributed by atoms with Crippen molar-refractivity contribution in [3.63, 3.8) is 0 Å². The molecule has 0 unspecified atom stereocenters. The van der Waals surface area contributed by atoms with Crippen LogP contribution in [0, 0.1) is 0 Å². The minimum atomic E-state index is -4.57. The lowest BCUT2D eigenvalue weighted by Gasteiger charge is -2.31. The molecule has 2 atom stereocenters. The van der Waals surface area contributed by atoms with E-state index in [1.165, 1.54) is 0 Å². The normalized spacial score (nSPS) is 18.1. The van der Waals surface area contributed by atoms with Crippen molar-refractivity contribution in [2.75, 3.05) is 19.8 Å². The third-order valence-corrected chi connectivity index (χ3v) is 6.23. The van der Waals surface area contributed by atoms with Gasteiger partial charge in [-0.05, 0) is 40.9 Å². The van der Waals surface area contributed by atoms with Gasteiger partial charge in [-0.1, -0.05) is 59.7 Å². The van der Waals surface area contributed by atoms with Crippen molar-refractivity contribution in [2.24, 2.45) is 10.1 Å². The Labute approximate surface area is 233 Å². The number of benzene rings is 3. The number of nitrogens with one attached hydrogen (secondary N) is 2. The number of nitrogens with zero attached hydrogens (tertiary/aromatic N) is 4. The third-order valence-electron chi connectivity index (χ3n) is 6.23. The van der Waals surface area contributed by atoms with Gasteiger partial charge in [0.25, 0.3) is 5.91 Å². The van der Waals surface area contributed by atoms with Gasteiger partial charge in [0.15, 0.2) is 11.6 Å². The van der Waals surface area contributed by atoms with Crippen molar-refractivity contribution < 1.29 is 32.5 Å². The fourth-order valence-electron chi connectivity index (χ4n) is 4.34. The van der Waals surface area contributed by atoms with Crippen LogP contribution in [0.2, 0.25) is 0 Å². The van der Waals surface area contributed by atoms with E-state index in [-0.39, 0.29) is 24.6 Å². The average Bonchev–Trinajstić information content (AvgIpc) is 3.35. The van der Waals surface area contributed by atoms with Crippen molar-refractivity contribution in [2.45, 2.75) is 30.7 Å². The number of azide groups is 1. The molecule has 4 rings (SSSR count). The van der Waals surface area contributed by atoms with Crippen LogP contribution in [-0.2, 0) is 16.0 Å². The van der Waals surface area contributed by atoms with E-state index in [2.05, 4.69) is 15.5 Å². The van der Waals surface area contributed by atoms with Gasteiger partial charge in [0.2, 0.25) is 5.90 Å². The molecule has 0 saturated heterocycles. The Hall–Kier alpha value is -4.58. The van der Waals surface area contributed by atoms with Gasteiger partial charge < -0.3 is 14.6 Å². The van der Waals surface area contributed by atoms with Crippen LogP contribution in [-0.4, -0.2) is 48.4 Å². The Morgan fingerprint density at radius 3 is 2.49 bits per heavy atom. The first-order chi connectivity index (χ1) is 19.8. The van der Waals surface area contributed by atoms with Gasteiger partial charge in [-0.2, -0.15) is 13.2 Å². The summed E-state index contributed by atoms with van der Waals surface area (Å²) in [5.41, 5.74) is 13.1. The molecule has 214 valence electrons. The smallest absolute Gasteiger partial charge is 0.402 e. The van der Waals surface area contributed by atoms with Crippen molar-refractivity contribution in [1.82, 2.24) is 10.9 Å². The zero-order chi connectivity index (χ0) is 29.3. The van der Waals surface area contributed by atoms with Gasteiger partial charge in [0.1, 0.15) is 12.3 Å². The van der Waals surface area contributed by atoms with Gasteiger partial charge in [-0.25, -0.2) is 10.4 Å². The summed E-state index contributed by atoms with van der Waals surface area (Å²) in [7, 11) is 0. The average molecular weight is 569 g/mol. The Morgan fingerprint density at radius 2 is 1.80 bits per heavy atom. The maximum atomic E-state index is 13.8. The van der Waals surface area contributed by atoms with E-state index in [0.29, 0.717) is 35.5 Å². The number of amides is 1. The maximum absolute atomic E-state index is 13.8. The number of carbonyl (C=O) groups excluding carboxylic acids is 1. The van der Waals surface area contributed by atoms with Crippen LogP contribution in [0.5, 0.6) is 5.75 Å². The summed E-state index contributed by atoms with van der Waals surface area (Å²) in [5, 5.41) is 12.7. The molecule has 10 nitrogen and oxygen atoms in total. The number of hydrazine groups is 1. The molecular formula is C28H27F3N6O4. The van der Waals surface area contributed by atoms with Crippen LogP contribution in [0.3, 0.4) is 0 Å². The zero-order valence-corrected chi connectivity index (χ0v) is 21.7. The fraction of sp³-hybridized carbons (Fsp3) is 0.286. The minimum absolute atomic E-state index is 0.00557. The van der Waals surface area contributed by atoms with Crippen LogP contribution in [0.4, 0.5) is 18.9 Å². The molecule has 0 aliphatic carbocycles. The quantitative estimate of drug-likeness (QED) is 0.0920. The molecule has 0 aromatic heterocycles. The van der Waals surface area contributed by atoms with Crippen LogP contribution < -0.4 is 15.6 Å². The summed E-state index contributed by atoms with van der Waals surface area (Å²) in [5.74, 6) is -0.234. The Kier molecular flexibility index (Phi) is 9.45. The van der Waals surface area contributed by atoms with E-state index in [4.69, 9.17) is 25.1 Å². The molecule has 13 heteroatoms. The maximum Gasteiger partial charge on any atom is 0.402 e. The fourth-order valence-corrected chi connectivity index (χ4v) is 4.34. The summed E-state index contributed by atoms with van der Waals surface area (Å²) in [6.45, 7) is -1.15. The van der Waals surface area contributed by atoms with E-state index in [1.807, 2.05) is 5.43 Å². The van der Waals surface area contributed by atoms with Gasteiger partial charge in [0.05, 0.1) is 6.61 Å². The molecule has 1 amide bonds. The highest BCUT2D eigenvalue weighted by atomic mass is 19.4. The largest absolute Gasteiger partial charge is 0.494 e. The van der Waals surface area contributed by atoms with E-state index >= 15 is 0 Å². The second kappa shape index (κ2) is 13.2. The molecule has 1 aliphatic rings. The molecule has 0 fully saturated rings. The SMILES string of the molecule is [N-]=[N+]=Nc1ccccc1C[C@]1(C(=O)NNCC(F)(F)F)N=C(c2ccc(OCCCO)cc2)O[C@H]1c1ccccc1. The first-order valence-electron chi connectivity index (χ1n) is 12.6. The molecule has 3 aromatic carbocycles. The van der Waals surface area contributed by atoms with Crippen molar-refractivity contribution >= 4 is 17.5 Å². The number of hydrogen-bond acceptors (Lipinski definition) is 7. The Bertz CT molecular complexity index is 1410. The summed E-state index contributed by atoms with van der Waals surface area (Å²) >= 11 is 0. The predicted molar refractivity (Wildman–Crippen MR) is 144 cm³/mol. The highest BCUT2D eigenvalue weighted by Gasteiger charge is 2.53. The number of aliphatic hydroxyl groups excluding tert-OH is 1. The van der Waals surface area contributed by atoms with Crippen LogP contribution >= 0.6 is 0 Å². The number of carbonyl (C=O) groups is 1. The molecule has 0 radical (unpaired) electrons. The van der Waals surface area contributed by atoms with E-state index in [0.717, 1.165) is 0 Å². The standard InChI is InChI=1S/C28H27F3N6O4/c29-28(30,31)18-33-36-26(39)27(17-21-9-4-5-10-23(21)35-37-32)24(19-7-2-1-3-8-19)41-25(34-27)20-11-13-22(14-12-20)40-16-6-15-38/h1-5,7-14,24,33,38H,6,15-18H2,(H,36,39)/t24-,27-/m0/s1. The first kappa shape index (κ1) is 29.4. The molecule has 0 bridgehead atoms. The van der Waals surface area contributed by atoms with Gasteiger partial charge in [0, 0.05) is 35.6 Å². The summed E-state index contributed by atoms with van der Waals surface area (Å²) in [6.07, 6.45) is -5.32. The first-order valence-corrected chi connectivity index (χ1v) is 12.6. The number of hydrogen-bond donors (Lipinski definition) is 3. The lowest BCUT2D eigenvalue weighted by Crippen LogP contribution is -2.55. The summed E-state index contributed by atoms with van der Waals surface area (Å²) in [4.78, 5) is 21.4. The molecule has 3 aromatic rings. The number of halogens is 3. The highest BCUT2D eigenvalue weighted by molar-refractivity contribution is 6.01. The lowest BCUT2D eigenvalue weighted by atomic mass is 9.81.